The van der Waals surface area contributed by atoms with Crippen molar-refractivity contribution in [3.8, 4) is 0 Å². The standard InChI is InChI=1S/C9H19NO/c1-6-9(8(4)11)10(5)7(2)3/h7,9H,6H2,1-5H3. The van der Waals surface area contributed by atoms with Crippen LogP contribution in [0.1, 0.15) is 34.1 Å². The van der Waals surface area contributed by atoms with Crippen molar-refractivity contribution in [2.24, 2.45) is 0 Å². The monoisotopic (exact) mass is 157 g/mol. The number of ketones is 1. The maximum Gasteiger partial charge on any atom is 0.146 e. The fourth-order valence-corrected chi connectivity index (χ4v) is 1.22. The maximum absolute atomic E-state index is 11.1. The zero-order valence-corrected chi connectivity index (χ0v) is 8.22. The smallest absolute Gasteiger partial charge is 0.146 e. The molecule has 0 spiro atoms. The van der Waals surface area contributed by atoms with Gasteiger partial charge in [0.15, 0.2) is 0 Å². The van der Waals surface area contributed by atoms with Gasteiger partial charge in [0.25, 0.3) is 0 Å². The molecule has 0 aromatic carbocycles. The number of hydrogen-bond donors (Lipinski definition) is 0. The molecule has 0 N–H and O–H groups in total. The van der Waals surface area contributed by atoms with Gasteiger partial charge in [0, 0.05) is 6.04 Å². The summed E-state index contributed by atoms with van der Waals surface area (Å²) in [6.45, 7) is 7.91. The van der Waals surface area contributed by atoms with Crippen LogP contribution in [-0.2, 0) is 4.79 Å². The molecule has 1 unspecified atom stereocenters. The Morgan fingerprint density at radius 2 is 1.91 bits per heavy atom. The van der Waals surface area contributed by atoms with Gasteiger partial charge in [0.05, 0.1) is 6.04 Å². The lowest BCUT2D eigenvalue weighted by Crippen LogP contribution is -2.41. The van der Waals surface area contributed by atoms with Crippen LogP contribution in [0.15, 0.2) is 0 Å². The number of rotatable bonds is 4. The van der Waals surface area contributed by atoms with E-state index in [2.05, 4.69) is 18.7 Å². The molecule has 2 heteroatoms. The Morgan fingerprint density at radius 1 is 1.45 bits per heavy atom. The van der Waals surface area contributed by atoms with E-state index in [0.717, 1.165) is 6.42 Å². The van der Waals surface area contributed by atoms with Gasteiger partial charge in [0.1, 0.15) is 5.78 Å². The SMILES string of the molecule is CCC(C(C)=O)N(C)C(C)C. The summed E-state index contributed by atoms with van der Waals surface area (Å²) in [7, 11) is 2.00. The van der Waals surface area contributed by atoms with E-state index in [-0.39, 0.29) is 11.8 Å². The summed E-state index contributed by atoms with van der Waals surface area (Å²) in [5.41, 5.74) is 0. The van der Waals surface area contributed by atoms with Crippen molar-refractivity contribution in [1.82, 2.24) is 4.90 Å². The van der Waals surface area contributed by atoms with Crippen molar-refractivity contribution >= 4 is 5.78 Å². The predicted molar refractivity (Wildman–Crippen MR) is 47.7 cm³/mol. The first kappa shape index (κ1) is 10.6. The van der Waals surface area contributed by atoms with Crippen LogP contribution in [-0.4, -0.2) is 29.8 Å². The van der Waals surface area contributed by atoms with Crippen LogP contribution in [0.4, 0.5) is 0 Å². The Morgan fingerprint density at radius 3 is 2.00 bits per heavy atom. The molecular formula is C9H19NO. The average molecular weight is 157 g/mol. The Hall–Kier alpha value is -0.370. The summed E-state index contributed by atoms with van der Waals surface area (Å²) in [5.74, 6) is 0.267. The normalized spacial score (nSPS) is 14.1. The van der Waals surface area contributed by atoms with Crippen molar-refractivity contribution in [3.63, 3.8) is 0 Å². The predicted octanol–water partition coefficient (Wildman–Crippen LogP) is 1.69. The molecule has 0 aromatic rings. The molecular weight excluding hydrogens is 138 g/mol. The molecule has 0 bridgehead atoms. The molecule has 66 valence electrons. The highest BCUT2D eigenvalue weighted by atomic mass is 16.1. The highest BCUT2D eigenvalue weighted by Gasteiger charge is 2.18. The molecule has 0 saturated carbocycles. The first-order valence-corrected chi connectivity index (χ1v) is 4.23. The first-order valence-electron chi connectivity index (χ1n) is 4.23. The number of carbonyl (C=O) groups excluding carboxylic acids is 1. The number of hydrogen-bond acceptors (Lipinski definition) is 2. The molecule has 0 aromatic heterocycles. The molecule has 0 rings (SSSR count). The van der Waals surface area contributed by atoms with Crippen LogP contribution in [0, 0.1) is 0 Å². The lowest BCUT2D eigenvalue weighted by Gasteiger charge is -2.28. The molecule has 11 heavy (non-hydrogen) atoms. The fourth-order valence-electron chi connectivity index (χ4n) is 1.22. The largest absolute Gasteiger partial charge is 0.298 e. The van der Waals surface area contributed by atoms with E-state index in [1.807, 2.05) is 14.0 Å². The van der Waals surface area contributed by atoms with Gasteiger partial charge in [0.2, 0.25) is 0 Å². The van der Waals surface area contributed by atoms with Crippen molar-refractivity contribution < 1.29 is 4.79 Å². The maximum atomic E-state index is 11.1. The highest BCUT2D eigenvalue weighted by Crippen LogP contribution is 2.06. The second kappa shape index (κ2) is 4.50. The van der Waals surface area contributed by atoms with Crippen molar-refractivity contribution in [3.05, 3.63) is 0 Å². The average Bonchev–Trinajstić information content (AvgIpc) is 1.88. The van der Waals surface area contributed by atoms with E-state index in [4.69, 9.17) is 0 Å². The van der Waals surface area contributed by atoms with Gasteiger partial charge >= 0.3 is 0 Å². The minimum Gasteiger partial charge on any atom is -0.298 e. The molecule has 0 aliphatic carbocycles. The van der Waals surface area contributed by atoms with Gasteiger partial charge in [-0.1, -0.05) is 6.92 Å². The Kier molecular flexibility index (Phi) is 4.34. The van der Waals surface area contributed by atoms with Crippen molar-refractivity contribution in [2.75, 3.05) is 7.05 Å². The van der Waals surface area contributed by atoms with E-state index in [9.17, 15) is 4.79 Å². The molecule has 1 atom stereocenters. The zero-order valence-electron chi connectivity index (χ0n) is 8.22. The molecule has 0 amide bonds. The van der Waals surface area contributed by atoms with Crippen LogP contribution in [0.5, 0.6) is 0 Å². The van der Waals surface area contributed by atoms with E-state index in [1.165, 1.54) is 0 Å². The summed E-state index contributed by atoms with van der Waals surface area (Å²) in [5, 5.41) is 0. The van der Waals surface area contributed by atoms with E-state index < -0.39 is 0 Å². The zero-order chi connectivity index (χ0) is 9.02. The first-order chi connectivity index (χ1) is 5.00. The number of carbonyl (C=O) groups is 1. The minimum absolute atomic E-state index is 0.106. The van der Waals surface area contributed by atoms with Gasteiger partial charge in [-0.05, 0) is 34.2 Å². The molecule has 0 fully saturated rings. The summed E-state index contributed by atoms with van der Waals surface area (Å²) < 4.78 is 0. The quantitative estimate of drug-likeness (QED) is 0.619. The van der Waals surface area contributed by atoms with Crippen LogP contribution < -0.4 is 0 Å². The molecule has 2 nitrogen and oxygen atoms in total. The van der Waals surface area contributed by atoms with Crippen LogP contribution >= 0.6 is 0 Å². The summed E-state index contributed by atoms with van der Waals surface area (Å²) in [6, 6.07) is 0.554. The Bertz CT molecular complexity index is 132. The Labute approximate surface area is 69.6 Å². The third-order valence-corrected chi connectivity index (χ3v) is 2.16. The summed E-state index contributed by atoms with van der Waals surface area (Å²) in [6.07, 6.45) is 0.907. The van der Waals surface area contributed by atoms with Gasteiger partial charge in [-0.25, -0.2) is 0 Å². The number of nitrogens with zero attached hydrogens (tertiary/aromatic N) is 1. The van der Waals surface area contributed by atoms with Gasteiger partial charge in [-0.2, -0.15) is 0 Å². The van der Waals surface area contributed by atoms with E-state index >= 15 is 0 Å². The second-order valence-electron chi connectivity index (χ2n) is 3.29. The van der Waals surface area contributed by atoms with E-state index in [1.54, 1.807) is 6.92 Å². The lowest BCUT2D eigenvalue weighted by atomic mass is 10.1. The van der Waals surface area contributed by atoms with Gasteiger partial charge < -0.3 is 0 Å². The third kappa shape index (κ3) is 3.02. The highest BCUT2D eigenvalue weighted by molar-refractivity contribution is 5.81. The van der Waals surface area contributed by atoms with Gasteiger partial charge in [-0.15, -0.1) is 0 Å². The molecule has 0 aliphatic heterocycles. The molecule has 0 radical (unpaired) electrons. The van der Waals surface area contributed by atoms with Crippen LogP contribution in [0.2, 0.25) is 0 Å². The minimum atomic E-state index is 0.106. The molecule has 0 aliphatic rings. The van der Waals surface area contributed by atoms with Gasteiger partial charge in [-0.3, -0.25) is 9.69 Å². The lowest BCUT2D eigenvalue weighted by molar-refractivity contribution is -0.122. The fraction of sp³-hybridized carbons (Fsp3) is 0.889. The van der Waals surface area contributed by atoms with Crippen molar-refractivity contribution in [2.45, 2.75) is 46.2 Å². The summed E-state index contributed by atoms with van der Waals surface area (Å²) in [4.78, 5) is 13.2. The topological polar surface area (TPSA) is 20.3 Å². The Balaban J connectivity index is 4.14. The number of likely N-dealkylation sites (N-methyl/N-ethyl adjacent to an activating group) is 1. The van der Waals surface area contributed by atoms with Crippen LogP contribution in [0.25, 0.3) is 0 Å². The third-order valence-electron chi connectivity index (χ3n) is 2.16. The van der Waals surface area contributed by atoms with Crippen molar-refractivity contribution in [1.29, 1.82) is 0 Å². The molecule has 0 saturated heterocycles. The van der Waals surface area contributed by atoms with E-state index in [0.29, 0.717) is 6.04 Å². The van der Waals surface area contributed by atoms with Crippen LogP contribution in [0.3, 0.4) is 0 Å². The second-order valence-corrected chi connectivity index (χ2v) is 3.29. The number of Topliss-reactive ketones (excluding diaryl/α,β-unsaturated/α-hetero) is 1. The molecule has 0 heterocycles. The summed E-state index contributed by atoms with van der Waals surface area (Å²) >= 11 is 0.